The van der Waals surface area contributed by atoms with Crippen molar-refractivity contribution in [1.82, 2.24) is 5.43 Å². The van der Waals surface area contributed by atoms with Crippen LogP contribution in [0.5, 0.6) is 5.75 Å². The molecule has 138 valence electrons. The highest BCUT2D eigenvalue weighted by molar-refractivity contribution is 6.06. The second-order valence-electron chi connectivity index (χ2n) is 7.02. The van der Waals surface area contributed by atoms with Crippen molar-refractivity contribution >= 4 is 11.8 Å². The fourth-order valence-corrected chi connectivity index (χ4v) is 2.24. The van der Waals surface area contributed by atoms with Gasteiger partial charge in [-0.05, 0) is 37.0 Å². The van der Waals surface area contributed by atoms with Gasteiger partial charge in [0.25, 0.3) is 0 Å². The SMILES string of the molecule is C[C@@H]1OC(=O)NN=C1c1ccc(OCCC(C)(C)C)c(C(F)(F)F)c1. The number of hydrogen-bond donors (Lipinski definition) is 1. The molecule has 0 spiro atoms. The average molecular weight is 358 g/mol. The van der Waals surface area contributed by atoms with E-state index in [4.69, 9.17) is 9.47 Å². The molecule has 8 heteroatoms. The molecule has 1 aromatic rings. The van der Waals surface area contributed by atoms with E-state index >= 15 is 0 Å². The predicted octanol–water partition coefficient (Wildman–Crippen LogP) is 4.35. The number of carbonyl (C=O) groups excluding carboxylic acids is 1. The molecule has 5 nitrogen and oxygen atoms in total. The number of cyclic esters (lactones) is 1. The maximum absolute atomic E-state index is 13.4. The van der Waals surface area contributed by atoms with Gasteiger partial charge >= 0.3 is 12.3 Å². The number of ether oxygens (including phenoxy) is 2. The van der Waals surface area contributed by atoms with E-state index in [1.54, 1.807) is 6.92 Å². The van der Waals surface area contributed by atoms with Gasteiger partial charge in [0, 0.05) is 5.56 Å². The Morgan fingerprint density at radius 1 is 1.28 bits per heavy atom. The number of nitrogens with one attached hydrogen (secondary N) is 1. The molecule has 0 bridgehead atoms. The lowest BCUT2D eigenvalue weighted by molar-refractivity contribution is -0.139. The third kappa shape index (κ3) is 5.11. The highest BCUT2D eigenvalue weighted by atomic mass is 19.4. The summed E-state index contributed by atoms with van der Waals surface area (Å²) in [7, 11) is 0. The van der Waals surface area contributed by atoms with E-state index in [9.17, 15) is 18.0 Å². The normalized spacial score (nSPS) is 18.3. The topological polar surface area (TPSA) is 59.9 Å². The van der Waals surface area contributed by atoms with Gasteiger partial charge in [0.15, 0.2) is 0 Å². The number of hydrazone groups is 1. The fraction of sp³-hybridized carbons (Fsp3) is 0.529. The van der Waals surface area contributed by atoms with Crippen LogP contribution in [0.25, 0.3) is 0 Å². The van der Waals surface area contributed by atoms with E-state index < -0.39 is 23.9 Å². The maximum atomic E-state index is 13.4. The van der Waals surface area contributed by atoms with Crippen LogP contribution in [0.15, 0.2) is 23.3 Å². The molecular weight excluding hydrogens is 337 g/mol. The van der Waals surface area contributed by atoms with E-state index in [1.807, 2.05) is 20.8 Å². The zero-order valence-electron chi connectivity index (χ0n) is 14.5. The summed E-state index contributed by atoms with van der Waals surface area (Å²) in [5, 5.41) is 3.79. The Kier molecular flexibility index (Phi) is 5.29. The van der Waals surface area contributed by atoms with Gasteiger partial charge in [-0.25, -0.2) is 10.2 Å². The minimum Gasteiger partial charge on any atom is -0.493 e. The third-order valence-corrected chi connectivity index (χ3v) is 3.63. The summed E-state index contributed by atoms with van der Waals surface area (Å²) in [6.45, 7) is 7.68. The number of rotatable bonds is 4. The summed E-state index contributed by atoms with van der Waals surface area (Å²) in [5.41, 5.74) is 1.60. The minimum absolute atomic E-state index is 0.0415. The van der Waals surface area contributed by atoms with Crippen molar-refractivity contribution in [3.63, 3.8) is 0 Å². The number of nitrogens with zero attached hydrogens (tertiary/aromatic N) is 1. The minimum atomic E-state index is -4.57. The zero-order valence-corrected chi connectivity index (χ0v) is 14.5. The standard InChI is InChI=1S/C17H21F3N2O3/c1-10-14(21-22-15(23)25-10)11-5-6-13(12(9-11)17(18,19)20)24-8-7-16(2,3)4/h5-6,9-10H,7-8H2,1-4H3,(H,22,23)/t10-/m0/s1. The van der Waals surface area contributed by atoms with Gasteiger partial charge in [-0.3, -0.25) is 0 Å². The van der Waals surface area contributed by atoms with Gasteiger partial charge < -0.3 is 9.47 Å². The largest absolute Gasteiger partial charge is 0.493 e. The summed E-state index contributed by atoms with van der Waals surface area (Å²) < 4.78 is 50.5. The van der Waals surface area contributed by atoms with Gasteiger partial charge in [0.2, 0.25) is 0 Å². The van der Waals surface area contributed by atoms with Gasteiger partial charge in [-0.2, -0.15) is 18.3 Å². The van der Waals surface area contributed by atoms with Crippen LogP contribution in [0.4, 0.5) is 18.0 Å². The molecule has 1 aromatic carbocycles. The Morgan fingerprint density at radius 3 is 2.52 bits per heavy atom. The number of carbonyl (C=O) groups is 1. The number of halogens is 3. The Bertz CT molecular complexity index is 679. The number of amides is 1. The average Bonchev–Trinajstić information content (AvgIpc) is 2.45. The van der Waals surface area contributed by atoms with E-state index in [1.165, 1.54) is 12.1 Å². The van der Waals surface area contributed by atoms with Crippen LogP contribution >= 0.6 is 0 Å². The molecular formula is C17H21F3N2O3. The van der Waals surface area contributed by atoms with E-state index in [2.05, 4.69) is 10.5 Å². The second-order valence-corrected chi connectivity index (χ2v) is 7.02. The van der Waals surface area contributed by atoms with Crippen LogP contribution < -0.4 is 10.2 Å². The molecule has 1 atom stereocenters. The molecule has 0 fully saturated rings. The first-order valence-corrected chi connectivity index (χ1v) is 7.86. The second kappa shape index (κ2) is 6.93. The molecule has 1 aliphatic heterocycles. The van der Waals surface area contributed by atoms with Crippen molar-refractivity contribution in [2.75, 3.05) is 6.61 Å². The van der Waals surface area contributed by atoms with Crippen molar-refractivity contribution in [2.24, 2.45) is 10.5 Å². The molecule has 1 aliphatic rings. The van der Waals surface area contributed by atoms with Crippen LogP contribution in [0.2, 0.25) is 0 Å². The monoisotopic (exact) mass is 358 g/mol. The van der Waals surface area contributed by atoms with E-state index in [0.717, 1.165) is 6.07 Å². The molecule has 0 aromatic heterocycles. The Balaban J connectivity index is 2.30. The van der Waals surface area contributed by atoms with Crippen LogP contribution in [0.1, 0.15) is 45.2 Å². The Hall–Kier alpha value is -2.25. The van der Waals surface area contributed by atoms with Gasteiger partial charge in [0.1, 0.15) is 17.6 Å². The third-order valence-electron chi connectivity index (χ3n) is 3.63. The van der Waals surface area contributed by atoms with Crippen LogP contribution in [-0.4, -0.2) is 24.5 Å². The van der Waals surface area contributed by atoms with Gasteiger partial charge in [-0.15, -0.1) is 0 Å². The highest BCUT2D eigenvalue weighted by Crippen LogP contribution is 2.37. The molecule has 0 saturated carbocycles. The van der Waals surface area contributed by atoms with Crippen molar-refractivity contribution < 1.29 is 27.4 Å². The first-order chi connectivity index (χ1) is 11.5. The quantitative estimate of drug-likeness (QED) is 0.870. The lowest BCUT2D eigenvalue weighted by Crippen LogP contribution is -2.37. The summed E-state index contributed by atoms with van der Waals surface area (Å²) in [5.74, 6) is -0.227. The van der Waals surface area contributed by atoms with Gasteiger partial charge in [-0.1, -0.05) is 20.8 Å². The molecule has 1 heterocycles. The highest BCUT2D eigenvalue weighted by Gasteiger charge is 2.36. The molecule has 0 unspecified atom stereocenters. The van der Waals surface area contributed by atoms with Crippen molar-refractivity contribution in [2.45, 2.75) is 46.4 Å². The molecule has 2 rings (SSSR count). The summed E-state index contributed by atoms with van der Waals surface area (Å²) in [6.07, 6.45) is -5.44. The number of alkyl halides is 3. The zero-order chi connectivity index (χ0) is 18.8. The first kappa shape index (κ1) is 19.1. The molecule has 0 radical (unpaired) electrons. The summed E-state index contributed by atoms with van der Waals surface area (Å²) >= 11 is 0. The maximum Gasteiger partial charge on any atom is 0.428 e. The molecule has 1 amide bonds. The van der Waals surface area contributed by atoms with Crippen LogP contribution in [0, 0.1) is 5.41 Å². The van der Waals surface area contributed by atoms with Crippen molar-refractivity contribution in [1.29, 1.82) is 0 Å². The van der Waals surface area contributed by atoms with Crippen LogP contribution in [-0.2, 0) is 10.9 Å². The number of benzene rings is 1. The first-order valence-electron chi connectivity index (χ1n) is 7.86. The lowest BCUT2D eigenvalue weighted by atomic mass is 9.93. The predicted molar refractivity (Wildman–Crippen MR) is 86.6 cm³/mol. The van der Waals surface area contributed by atoms with Crippen molar-refractivity contribution in [3.8, 4) is 5.75 Å². The molecule has 1 N–H and O–H groups in total. The fourth-order valence-electron chi connectivity index (χ4n) is 2.24. The van der Waals surface area contributed by atoms with Gasteiger partial charge in [0.05, 0.1) is 12.2 Å². The lowest BCUT2D eigenvalue weighted by Gasteiger charge is -2.22. The summed E-state index contributed by atoms with van der Waals surface area (Å²) in [6, 6.07) is 3.70. The smallest absolute Gasteiger partial charge is 0.428 e. The Labute approximate surface area is 144 Å². The molecule has 25 heavy (non-hydrogen) atoms. The molecule has 0 aliphatic carbocycles. The van der Waals surface area contributed by atoms with Crippen LogP contribution in [0.3, 0.4) is 0 Å². The van der Waals surface area contributed by atoms with Crippen molar-refractivity contribution in [3.05, 3.63) is 29.3 Å². The Morgan fingerprint density at radius 2 is 1.96 bits per heavy atom. The number of hydrogen-bond acceptors (Lipinski definition) is 4. The summed E-state index contributed by atoms with van der Waals surface area (Å²) in [4.78, 5) is 11.1. The molecule has 0 saturated heterocycles. The van der Waals surface area contributed by atoms with E-state index in [-0.39, 0.29) is 29.0 Å². The van der Waals surface area contributed by atoms with E-state index in [0.29, 0.717) is 6.42 Å².